The minimum absolute atomic E-state index is 0.455. The van der Waals surface area contributed by atoms with Crippen molar-refractivity contribution in [2.75, 3.05) is 31.5 Å². The fourth-order valence-electron chi connectivity index (χ4n) is 1.38. The lowest BCUT2D eigenvalue weighted by Gasteiger charge is -2.17. The first kappa shape index (κ1) is 13.7. The number of nitriles is 1. The Bertz CT molecular complexity index is 512. The van der Waals surface area contributed by atoms with Gasteiger partial charge in [-0.3, -0.25) is 0 Å². The van der Waals surface area contributed by atoms with Gasteiger partial charge in [-0.1, -0.05) is 0 Å². The Hall–Kier alpha value is -1.37. The third-order valence-electron chi connectivity index (χ3n) is 2.12. The highest BCUT2D eigenvalue weighted by molar-refractivity contribution is 7.99. The summed E-state index contributed by atoms with van der Waals surface area (Å²) in [6.45, 7) is 7.25. The lowest BCUT2D eigenvalue weighted by Crippen LogP contribution is -2.12. The third kappa shape index (κ3) is 2.49. The van der Waals surface area contributed by atoms with E-state index >= 15 is 0 Å². The van der Waals surface area contributed by atoms with E-state index in [1.165, 1.54) is 23.5 Å². The number of rotatable bonds is 3. The monoisotopic (exact) mass is 264 g/mol. The summed E-state index contributed by atoms with van der Waals surface area (Å²) in [5.74, 6) is 0.618. The van der Waals surface area contributed by atoms with Gasteiger partial charge in [-0.15, -0.1) is 23.5 Å². The van der Waals surface area contributed by atoms with Crippen LogP contribution in [-0.4, -0.2) is 31.6 Å². The molecule has 0 radical (unpaired) electrons. The van der Waals surface area contributed by atoms with E-state index in [0.29, 0.717) is 27.0 Å². The van der Waals surface area contributed by atoms with Gasteiger partial charge >= 0.3 is 0 Å². The average Bonchev–Trinajstić information content (AvgIpc) is 2.35. The van der Waals surface area contributed by atoms with Gasteiger partial charge in [0.15, 0.2) is 0 Å². The molecule has 0 saturated heterocycles. The first-order valence-electron chi connectivity index (χ1n) is 4.71. The molecule has 0 spiro atoms. The molecule has 0 aromatic carbocycles. The molecule has 1 aromatic heterocycles. The fourth-order valence-corrected chi connectivity index (χ4v) is 2.65. The van der Waals surface area contributed by atoms with Gasteiger partial charge in [0, 0.05) is 19.0 Å². The normalized spacial score (nSPS) is 9.53. The van der Waals surface area contributed by atoms with Crippen molar-refractivity contribution in [3.05, 3.63) is 17.0 Å². The largest absolute Gasteiger partial charge is 0.371 e. The van der Waals surface area contributed by atoms with Gasteiger partial charge in [-0.05, 0) is 12.5 Å². The summed E-state index contributed by atoms with van der Waals surface area (Å²) in [7, 11) is 3.69. The molecule has 0 atom stereocenters. The van der Waals surface area contributed by atoms with Crippen LogP contribution >= 0.6 is 23.5 Å². The molecule has 0 aliphatic rings. The van der Waals surface area contributed by atoms with Crippen LogP contribution in [0.5, 0.6) is 0 Å². The quantitative estimate of drug-likeness (QED) is 0.620. The van der Waals surface area contributed by atoms with Gasteiger partial charge in [0.25, 0.3) is 0 Å². The maximum atomic E-state index is 9.18. The Morgan fingerprint density at radius 2 is 2.00 bits per heavy atom. The van der Waals surface area contributed by atoms with E-state index in [1.54, 1.807) is 4.90 Å². The maximum absolute atomic E-state index is 9.18. The van der Waals surface area contributed by atoms with Gasteiger partial charge in [-0.25, -0.2) is 9.83 Å². The highest BCUT2D eigenvalue weighted by Gasteiger charge is 2.20. The van der Waals surface area contributed by atoms with Crippen LogP contribution in [0.1, 0.15) is 5.56 Å². The van der Waals surface area contributed by atoms with Crippen molar-refractivity contribution in [1.29, 1.82) is 5.26 Å². The molecule has 0 bridgehead atoms. The summed E-state index contributed by atoms with van der Waals surface area (Å²) in [6.07, 6.45) is 3.75. The lowest BCUT2D eigenvalue weighted by molar-refractivity contribution is 0.994. The van der Waals surface area contributed by atoms with E-state index in [2.05, 4.69) is 15.9 Å². The summed E-state index contributed by atoms with van der Waals surface area (Å²) in [5.41, 5.74) is 0.957. The second kappa shape index (κ2) is 5.81. The van der Waals surface area contributed by atoms with Crippen molar-refractivity contribution in [2.24, 2.45) is 0 Å². The third-order valence-corrected chi connectivity index (χ3v) is 3.61. The summed E-state index contributed by atoms with van der Waals surface area (Å²) >= 11 is 2.84. The highest BCUT2D eigenvalue weighted by atomic mass is 32.2. The standard InChI is InChI=1S/C11H12N4S2/c1-13-8-9(16-4)7(6-12)11(17-5)14-10(8)15(2)3/h2-5H3. The van der Waals surface area contributed by atoms with Crippen LogP contribution in [0.2, 0.25) is 0 Å². The number of anilines is 1. The lowest BCUT2D eigenvalue weighted by atomic mass is 10.2. The Morgan fingerprint density at radius 3 is 2.35 bits per heavy atom. The van der Waals surface area contributed by atoms with E-state index in [1.807, 2.05) is 26.6 Å². The number of hydrogen-bond acceptors (Lipinski definition) is 5. The molecular weight excluding hydrogens is 252 g/mol. The smallest absolute Gasteiger partial charge is 0.242 e. The molecule has 0 N–H and O–H groups in total. The molecule has 6 heteroatoms. The van der Waals surface area contributed by atoms with Crippen molar-refractivity contribution in [1.82, 2.24) is 4.98 Å². The molecule has 0 fully saturated rings. The van der Waals surface area contributed by atoms with Crippen LogP contribution in [0, 0.1) is 17.9 Å². The van der Waals surface area contributed by atoms with Gasteiger partial charge in [-0.2, -0.15) is 5.26 Å². The Balaban J connectivity index is 3.70. The van der Waals surface area contributed by atoms with Crippen molar-refractivity contribution in [3.8, 4) is 6.07 Å². The molecule has 4 nitrogen and oxygen atoms in total. The average molecular weight is 264 g/mol. The Morgan fingerprint density at radius 1 is 1.35 bits per heavy atom. The number of pyridine rings is 1. The molecule has 1 aromatic rings. The zero-order chi connectivity index (χ0) is 13.0. The van der Waals surface area contributed by atoms with Crippen LogP contribution in [0.3, 0.4) is 0 Å². The summed E-state index contributed by atoms with van der Waals surface area (Å²) < 4.78 is 0. The van der Waals surface area contributed by atoms with Crippen LogP contribution < -0.4 is 4.90 Å². The topological polar surface area (TPSA) is 44.3 Å². The first-order chi connectivity index (χ1) is 8.10. The molecule has 0 aliphatic carbocycles. The molecule has 17 heavy (non-hydrogen) atoms. The van der Waals surface area contributed by atoms with E-state index in [4.69, 9.17) is 6.57 Å². The zero-order valence-electron chi connectivity index (χ0n) is 10.1. The van der Waals surface area contributed by atoms with Crippen LogP contribution in [0.25, 0.3) is 4.85 Å². The van der Waals surface area contributed by atoms with E-state index < -0.39 is 0 Å². The fraction of sp³-hybridized carbons (Fsp3) is 0.364. The molecule has 88 valence electrons. The van der Waals surface area contributed by atoms with Crippen LogP contribution in [-0.2, 0) is 0 Å². The van der Waals surface area contributed by atoms with Gasteiger partial charge in [0.1, 0.15) is 16.9 Å². The molecular formula is C11H12N4S2. The molecule has 1 rings (SSSR count). The predicted octanol–water partition coefficient (Wildman–Crippen LogP) is 3.01. The van der Waals surface area contributed by atoms with Crippen molar-refractivity contribution in [3.63, 3.8) is 0 Å². The second-order valence-corrected chi connectivity index (χ2v) is 4.93. The molecule has 0 saturated carbocycles. The second-order valence-electron chi connectivity index (χ2n) is 3.32. The van der Waals surface area contributed by atoms with Crippen molar-refractivity contribution < 1.29 is 0 Å². The predicted molar refractivity (Wildman–Crippen MR) is 73.1 cm³/mol. The zero-order valence-corrected chi connectivity index (χ0v) is 11.7. The van der Waals surface area contributed by atoms with Gasteiger partial charge < -0.3 is 4.90 Å². The molecule has 1 heterocycles. The summed E-state index contributed by atoms with van der Waals surface area (Å²) in [6, 6.07) is 2.14. The Kier molecular flexibility index (Phi) is 4.68. The van der Waals surface area contributed by atoms with Crippen molar-refractivity contribution >= 4 is 35.0 Å². The summed E-state index contributed by atoms with van der Waals surface area (Å²) in [4.78, 5) is 10.4. The minimum Gasteiger partial charge on any atom is -0.371 e. The SMILES string of the molecule is [C-]#[N+]c1c(N(C)C)nc(SC)c(C#N)c1SC. The van der Waals surface area contributed by atoms with Crippen LogP contribution in [0.15, 0.2) is 9.92 Å². The first-order valence-corrected chi connectivity index (χ1v) is 7.16. The summed E-state index contributed by atoms with van der Waals surface area (Å²) in [5, 5.41) is 9.85. The molecule has 0 aliphatic heterocycles. The van der Waals surface area contributed by atoms with E-state index in [9.17, 15) is 5.26 Å². The van der Waals surface area contributed by atoms with Gasteiger partial charge in [0.05, 0.1) is 12.1 Å². The van der Waals surface area contributed by atoms with Crippen molar-refractivity contribution in [2.45, 2.75) is 9.92 Å². The number of aromatic nitrogens is 1. The molecule has 0 amide bonds. The number of thioether (sulfide) groups is 2. The van der Waals surface area contributed by atoms with E-state index in [-0.39, 0.29) is 0 Å². The van der Waals surface area contributed by atoms with E-state index in [0.717, 1.165) is 0 Å². The molecule has 0 unspecified atom stereocenters. The van der Waals surface area contributed by atoms with Crippen LogP contribution in [0.4, 0.5) is 11.5 Å². The number of hydrogen-bond donors (Lipinski definition) is 0. The van der Waals surface area contributed by atoms with Gasteiger partial charge in [0.2, 0.25) is 5.69 Å². The highest BCUT2D eigenvalue weighted by Crippen LogP contribution is 2.41. The Labute approximate surface area is 110 Å². The number of nitrogens with zero attached hydrogens (tertiary/aromatic N) is 4. The maximum Gasteiger partial charge on any atom is 0.242 e. The minimum atomic E-state index is 0.455.